The molecule has 2 atom stereocenters. The van der Waals surface area contributed by atoms with Crippen molar-refractivity contribution in [1.82, 2.24) is 4.90 Å². The minimum atomic E-state index is 0.264. The first kappa shape index (κ1) is 15.9. The van der Waals surface area contributed by atoms with E-state index < -0.39 is 0 Å². The van der Waals surface area contributed by atoms with Gasteiger partial charge in [-0.15, -0.1) is 0 Å². The van der Waals surface area contributed by atoms with Crippen molar-refractivity contribution in [2.45, 2.75) is 52.4 Å². The zero-order chi connectivity index (χ0) is 13.4. The second kappa shape index (κ2) is 8.13. The number of hydrogen-bond donors (Lipinski definition) is 2. The van der Waals surface area contributed by atoms with Gasteiger partial charge in [0, 0.05) is 13.1 Å². The van der Waals surface area contributed by atoms with Crippen LogP contribution >= 0.6 is 0 Å². The fourth-order valence-corrected chi connectivity index (χ4v) is 3.43. The number of rotatable bonds is 8. The summed E-state index contributed by atoms with van der Waals surface area (Å²) in [6.07, 6.45) is 7.64. The summed E-state index contributed by atoms with van der Waals surface area (Å²) in [7, 11) is 0. The number of unbranched alkanes of at least 4 members (excludes halogenated alkanes) is 1. The van der Waals surface area contributed by atoms with Gasteiger partial charge in [-0.3, -0.25) is 0 Å². The van der Waals surface area contributed by atoms with E-state index in [9.17, 15) is 5.11 Å². The predicted molar refractivity (Wildman–Crippen MR) is 77.6 cm³/mol. The van der Waals surface area contributed by atoms with Crippen molar-refractivity contribution in [3.05, 3.63) is 0 Å². The maximum atomic E-state index is 9.20. The lowest BCUT2D eigenvalue weighted by Crippen LogP contribution is -2.46. The van der Waals surface area contributed by atoms with Crippen LogP contribution in [0.4, 0.5) is 0 Å². The van der Waals surface area contributed by atoms with Crippen molar-refractivity contribution >= 4 is 0 Å². The van der Waals surface area contributed by atoms with E-state index in [0.717, 1.165) is 32.1 Å². The Labute approximate surface area is 113 Å². The molecule has 3 N–H and O–H groups in total. The standard InChI is InChI=1S/C15H32N2O/c1-3-4-8-17(9-10-18)13-15(12-16)7-5-6-14(2)11-15/h14,18H,3-13,16H2,1-2H3. The van der Waals surface area contributed by atoms with E-state index in [4.69, 9.17) is 5.73 Å². The molecular weight excluding hydrogens is 224 g/mol. The van der Waals surface area contributed by atoms with Crippen LogP contribution in [0.25, 0.3) is 0 Å². The molecule has 0 heterocycles. The summed E-state index contributed by atoms with van der Waals surface area (Å²) >= 11 is 0. The molecule has 1 aliphatic rings. The van der Waals surface area contributed by atoms with Gasteiger partial charge in [0.25, 0.3) is 0 Å². The average molecular weight is 256 g/mol. The van der Waals surface area contributed by atoms with Crippen LogP contribution in [0.3, 0.4) is 0 Å². The van der Waals surface area contributed by atoms with E-state index in [1.807, 2.05) is 0 Å². The van der Waals surface area contributed by atoms with E-state index in [1.165, 1.54) is 38.5 Å². The molecule has 1 rings (SSSR count). The van der Waals surface area contributed by atoms with Crippen LogP contribution in [-0.2, 0) is 0 Å². The fraction of sp³-hybridized carbons (Fsp3) is 1.00. The second-order valence-electron chi connectivity index (χ2n) is 6.26. The average Bonchev–Trinajstić information content (AvgIpc) is 2.36. The lowest BCUT2D eigenvalue weighted by molar-refractivity contribution is 0.0767. The molecule has 0 aromatic heterocycles. The Morgan fingerprint density at radius 2 is 2.17 bits per heavy atom. The molecule has 3 heteroatoms. The van der Waals surface area contributed by atoms with Gasteiger partial charge >= 0.3 is 0 Å². The van der Waals surface area contributed by atoms with Crippen LogP contribution < -0.4 is 5.73 Å². The van der Waals surface area contributed by atoms with Gasteiger partial charge in [-0.25, -0.2) is 0 Å². The third-order valence-electron chi connectivity index (χ3n) is 4.42. The van der Waals surface area contributed by atoms with Crippen LogP contribution in [0.5, 0.6) is 0 Å². The highest BCUT2D eigenvalue weighted by atomic mass is 16.3. The normalized spacial score (nSPS) is 28.8. The van der Waals surface area contributed by atoms with E-state index in [2.05, 4.69) is 18.7 Å². The number of aliphatic hydroxyl groups is 1. The largest absolute Gasteiger partial charge is 0.395 e. The van der Waals surface area contributed by atoms with Crippen molar-refractivity contribution in [3.63, 3.8) is 0 Å². The van der Waals surface area contributed by atoms with Gasteiger partial charge in [0.2, 0.25) is 0 Å². The maximum absolute atomic E-state index is 9.20. The molecule has 0 spiro atoms. The first-order chi connectivity index (χ1) is 8.65. The summed E-state index contributed by atoms with van der Waals surface area (Å²) in [6.45, 7) is 8.62. The zero-order valence-corrected chi connectivity index (χ0v) is 12.3. The molecule has 0 aromatic carbocycles. The third kappa shape index (κ3) is 4.87. The number of nitrogens with two attached hydrogens (primary N) is 1. The van der Waals surface area contributed by atoms with Crippen LogP contribution in [0, 0.1) is 11.3 Å². The Kier molecular flexibility index (Phi) is 7.20. The molecular formula is C15H32N2O. The first-order valence-electron chi connectivity index (χ1n) is 7.69. The Morgan fingerprint density at radius 3 is 2.72 bits per heavy atom. The first-order valence-corrected chi connectivity index (χ1v) is 7.69. The quantitative estimate of drug-likeness (QED) is 0.700. The number of nitrogens with zero attached hydrogens (tertiary/aromatic N) is 1. The van der Waals surface area contributed by atoms with Gasteiger partial charge in [-0.2, -0.15) is 0 Å². The lowest BCUT2D eigenvalue weighted by Gasteiger charge is -2.42. The summed E-state index contributed by atoms with van der Waals surface area (Å²) in [5.74, 6) is 0.810. The van der Waals surface area contributed by atoms with Crippen molar-refractivity contribution < 1.29 is 5.11 Å². The minimum Gasteiger partial charge on any atom is -0.395 e. The molecule has 0 aromatic rings. The Balaban J connectivity index is 2.56. The van der Waals surface area contributed by atoms with Gasteiger partial charge < -0.3 is 15.7 Å². The maximum Gasteiger partial charge on any atom is 0.0558 e. The van der Waals surface area contributed by atoms with Crippen LogP contribution in [-0.4, -0.2) is 42.8 Å². The summed E-state index contributed by atoms with van der Waals surface area (Å²) in [5, 5.41) is 9.20. The highest BCUT2D eigenvalue weighted by molar-refractivity contribution is 4.89. The molecule has 1 aliphatic carbocycles. The molecule has 3 nitrogen and oxygen atoms in total. The lowest BCUT2D eigenvalue weighted by atomic mass is 9.69. The van der Waals surface area contributed by atoms with Gasteiger partial charge in [0.05, 0.1) is 6.61 Å². The fourth-order valence-electron chi connectivity index (χ4n) is 3.43. The number of hydrogen-bond acceptors (Lipinski definition) is 3. The molecule has 0 amide bonds. The second-order valence-corrected chi connectivity index (χ2v) is 6.26. The zero-order valence-electron chi connectivity index (χ0n) is 12.3. The monoisotopic (exact) mass is 256 g/mol. The topological polar surface area (TPSA) is 49.5 Å². The molecule has 0 bridgehead atoms. The minimum absolute atomic E-state index is 0.264. The van der Waals surface area contributed by atoms with Crippen molar-refractivity contribution in [2.75, 3.05) is 32.8 Å². The van der Waals surface area contributed by atoms with E-state index in [0.29, 0.717) is 5.41 Å². The van der Waals surface area contributed by atoms with Crippen molar-refractivity contribution in [2.24, 2.45) is 17.1 Å². The van der Waals surface area contributed by atoms with E-state index in [1.54, 1.807) is 0 Å². The Bertz CT molecular complexity index is 223. The predicted octanol–water partition coefficient (Wildman–Crippen LogP) is 2.24. The van der Waals surface area contributed by atoms with E-state index >= 15 is 0 Å². The van der Waals surface area contributed by atoms with Crippen LogP contribution in [0.1, 0.15) is 52.4 Å². The van der Waals surface area contributed by atoms with Gasteiger partial charge in [-0.05, 0) is 43.7 Å². The summed E-state index contributed by atoms with van der Waals surface area (Å²) in [5.41, 5.74) is 6.39. The molecule has 0 saturated heterocycles. The van der Waals surface area contributed by atoms with Crippen LogP contribution in [0.2, 0.25) is 0 Å². The Hall–Kier alpha value is -0.120. The summed E-state index contributed by atoms with van der Waals surface area (Å²) < 4.78 is 0. The molecule has 2 unspecified atom stereocenters. The Morgan fingerprint density at radius 1 is 1.39 bits per heavy atom. The molecule has 108 valence electrons. The summed E-state index contributed by atoms with van der Waals surface area (Å²) in [6, 6.07) is 0. The van der Waals surface area contributed by atoms with E-state index in [-0.39, 0.29) is 6.61 Å². The molecule has 1 saturated carbocycles. The third-order valence-corrected chi connectivity index (χ3v) is 4.42. The summed E-state index contributed by atoms with van der Waals surface area (Å²) in [4.78, 5) is 2.42. The molecule has 0 radical (unpaired) electrons. The molecule has 1 fully saturated rings. The highest BCUT2D eigenvalue weighted by Gasteiger charge is 2.35. The van der Waals surface area contributed by atoms with Crippen molar-refractivity contribution in [3.8, 4) is 0 Å². The van der Waals surface area contributed by atoms with Gasteiger partial charge in [0.15, 0.2) is 0 Å². The van der Waals surface area contributed by atoms with Gasteiger partial charge in [-0.1, -0.05) is 33.1 Å². The number of aliphatic hydroxyl groups excluding tert-OH is 1. The SMILES string of the molecule is CCCCN(CCO)CC1(CN)CCCC(C)C1. The van der Waals surface area contributed by atoms with Crippen molar-refractivity contribution in [1.29, 1.82) is 0 Å². The molecule has 0 aliphatic heterocycles. The molecule has 18 heavy (non-hydrogen) atoms. The van der Waals surface area contributed by atoms with Gasteiger partial charge in [0.1, 0.15) is 0 Å². The smallest absolute Gasteiger partial charge is 0.0558 e. The van der Waals surface area contributed by atoms with Crippen LogP contribution in [0.15, 0.2) is 0 Å². The highest BCUT2D eigenvalue weighted by Crippen LogP contribution is 2.39.